The van der Waals surface area contributed by atoms with Crippen molar-refractivity contribution >= 4 is 22.9 Å². The molecule has 0 aliphatic carbocycles. The second-order valence-electron chi connectivity index (χ2n) is 5.63. The zero-order valence-electron chi connectivity index (χ0n) is 13.8. The zero-order chi connectivity index (χ0) is 16.4. The van der Waals surface area contributed by atoms with E-state index in [0.29, 0.717) is 0 Å². The maximum Gasteiger partial charge on any atom is 0.221 e. The fourth-order valence-corrected chi connectivity index (χ4v) is 3.07. The summed E-state index contributed by atoms with van der Waals surface area (Å²) in [5.41, 5.74) is 5.25. The molecule has 0 fully saturated rings. The predicted molar refractivity (Wildman–Crippen MR) is 95.1 cm³/mol. The molecule has 118 valence electrons. The van der Waals surface area contributed by atoms with Crippen LogP contribution in [0.5, 0.6) is 0 Å². The molecule has 4 nitrogen and oxygen atoms in total. The van der Waals surface area contributed by atoms with Gasteiger partial charge in [-0.1, -0.05) is 35.4 Å². The van der Waals surface area contributed by atoms with Crippen LogP contribution < -0.4 is 10.4 Å². The number of nitrogens with zero attached hydrogens (tertiary/aromatic N) is 4. The quantitative estimate of drug-likeness (QED) is 0.691. The second kappa shape index (κ2) is 6.38. The Balaban J connectivity index is 2.09. The first-order valence-corrected chi connectivity index (χ1v) is 8.26. The molecule has 3 rings (SSSR count). The second-order valence-corrected chi connectivity index (χ2v) is 6.72. The summed E-state index contributed by atoms with van der Waals surface area (Å²) >= 11 is 1.58. The third-order valence-corrected chi connectivity index (χ3v) is 4.57. The van der Waals surface area contributed by atoms with Gasteiger partial charge in [0.05, 0.1) is 11.4 Å². The van der Waals surface area contributed by atoms with Crippen LogP contribution in [0.3, 0.4) is 0 Å². The Morgan fingerprint density at radius 3 is 1.74 bits per heavy atom. The Labute approximate surface area is 139 Å². The molecule has 1 heterocycles. The van der Waals surface area contributed by atoms with Crippen molar-refractivity contribution in [1.29, 1.82) is 0 Å². The number of aromatic nitrogens is 2. The number of benzene rings is 2. The van der Waals surface area contributed by atoms with Crippen molar-refractivity contribution in [1.82, 2.24) is 8.52 Å². The molecule has 5 heteroatoms. The molecule has 2 aromatic carbocycles. The number of rotatable bonds is 2. The van der Waals surface area contributed by atoms with Gasteiger partial charge in [-0.05, 0) is 49.6 Å². The minimum absolute atomic E-state index is 0.879. The van der Waals surface area contributed by atoms with Crippen LogP contribution in [-0.2, 0) is 14.1 Å². The summed E-state index contributed by atoms with van der Waals surface area (Å²) in [6.07, 6.45) is 0. The van der Waals surface area contributed by atoms with Crippen molar-refractivity contribution in [2.24, 2.45) is 24.1 Å². The highest BCUT2D eigenvalue weighted by Gasteiger charge is 2.01. The highest BCUT2D eigenvalue weighted by molar-refractivity contribution is 7.03. The zero-order valence-corrected chi connectivity index (χ0v) is 14.6. The highest BCUT2D eigenvalue weighted by atomic mass is 32.1. The summed E-state index contributed by atoms with van der Waals surface area (Å²) in [5.74, 6) is 0. The molecule has 0 unspecified atom stereocenters. The molecule has 23 heavy (non-hydrogen) atoms. The van der Waals surface area contributed by atoms with Crippen LogP contribution in [-0.4, -0.2) is 8.52 Å². The number of aryl methyl sites for hydroxylation is 3. The maximum absolute atomic E-state index is 4.73. The van der Waals surface area contributed by atoms with Gasteiger partial charge < -0.3 is 0 Å². The van der Waals surface area contributed by atoms with Crippen LogP contribution in [0, 0.1) is 13.8 Å². The summed E-state index contributed by atoms with van der Waals surface area (Å²) in [6.45, 7) is 4.15. The Bertz CT molecular complexity index is 938. The van der Waals surface area contributed by atoms with Crippen molar-refractivity contribution in [3.8, 4) is 0 Å². The Morgan fingerprint density at radius 2 is 1.22 bits per heavy atom. The van der Waals surface area contributed by atoms with E-state index in [-0.39, 0.29) is 0 Å². The third-order valence-electron chi connectivity index (χ3n) is 3.61. The van der Waals surface area contributed by atoms with Crippen molar-refractivity contribution in [3.63, 3.8) is 0 Å². The fourth-order valence-electron chi connectivity index (χ4n) is 2.23. The van der Waals surface area contributed by atoms with E-state index < -0.39 is 0 Å². The van der Waals surface area contributed by atoms with E-state index in [1.165, 1.54) is 11.1 Å². The topological polar surface area (TPSA) is 34.6 Å². The van der Waals surface area contributed by atoms with E-state index in [9.17, 15) is 0 Å². The molecule has 0 saturated carbocycles. The summed E-state index contributed by atoms with van der Waals surface area (Å²) in [7, 11) is 4.00. The lowest BCUT2D eigenvalue weighted by Gasteiger charge is -1.97. The average molecular weight is 324 g/mol. The van der Waals surface area contributed by atoms with Gasteiger partial charge in [0, 0.05) is 14.1 Å². The molecule has 0 aliphatic heterocycles. The molecule has 0 amide bonds. The summed E-state index contributed by atoms with van der Waals surface area (Å²) in [6, 6.07) is 16.4. The molecule has 0 spiro atoms. The molecule has 3 aromatic rings. The van der Waals surface area contributed by atoms with Crippen molar-refractivity contribution < 1.29 is 0 Å². The van der Waals surface area contributed by atoms with Gasteiger partial charge in [-0.3, -0.25) is 8.52 Å². The SMILES string of the molecule is Cc1ccc(N=c2sn(C)c(=Nc3ccc(C)cc3)n2C)cc1. The van der Waals surface area contributed by atoms with Gasteiger partial charge in [0.1, 0.15) is 0 Å². The largest absolute Gasteiger partial charge is 0.289 e. The molecule has 0 bridgehead atoms. The molecule has 0 atom stereocenters. The Kier molecular flexibility index (Phi) is 4.30. The van der Waals surface area contributed by atoms with E-state index in [1.54, 1.807) is 11.5 Å². The van der Waals surface area contributed by atoms with Gasteiger partial charge in [0.25, 0.3) is 0 Å². The lowest BCUT2D eigenvalue weighted by molar-refractivity contribution is 0.738. The molecule has 1 aromatic heterocycles. The van der Waals surface area contributed by atoms with E-state index in [0.717, 1.165) is 21.8 Å². The van der Waals surface area contributed by atoms with Gasteiger partial charge in [0.15, 0.2) is 0 Å². The maximum atomic E-state index is 4.73. The lowest BCUT2D eigenvalue weighted by atomic mass is 10.2. The molecule has 0 N–H and O–H groups in total. The van der Waals surface area contributed by atoms with Crippen molar-refractivity contribution in [2.75, 3.05) is 0 Å². The third kappa shape index (κ3) is 3.51. The molecule has 0 saturated heterocycles. The van der Waals surface area contributed by atoms with Crippen LogP contribution >= 0.6 is 11.5 Å². The van der Waals surface area contributed by atoms with Gasteiger partial charge in [-0.25, -0.2) is 9.98 Å². The number of hydrogen-bond donors (Lipinski definition) is 0. The van der Waals surface area contributed by atoms with E-state index >= 15 is 0 Å². The van der Waals surface area contributed by atoms with Crippen LogP contribution in [0.2, 0.25) is 0 Å². The average Bonchev–Trinajstić information content (AvgIpc) is 2.79. The Hall–Kier alpha value is -2.40. The highest BCUT2D eigenvalue weighted by Crippen LogP contribution is 2.12. The predicted octanol–water partition coefficient (Wildman–Crippen LogP) is 3.51. The van der Waals surface area contributed by atoms with Gasteiger partial charge in [-0.2, -0.15) is 0 Å². The standard InChI is InChI=1S/C18H20N4S/c1-13-5-9-15(10-6-13)19-17-21(3)18(23-22(17)4)20-16-11-7-14(2)8-12-16/h5-12H,1-4H3. The summed E-state index contributed by atoms with van der Waals surface area (Å²) < 4.78 is 4.05. The van der Waals surface area contributed by atoms with Gasteiger partial charge in [-0.15, -0.1) is 0 Å². The minimum atomic E-state index is 0.879. The number of hydrogen-bond acceptors (Lipinski definition) is 3. The molecule has 0 aliphatic rings. The van der Waals surface area contributed by atoms with E-state index in [1.807, 2.05) is 46.9 Å². The van der Waals surface area contributed by atoms with E-state index in [4.69, 9.17) is 9.98 Å². The first-order valence-electron chi connectivity index (χ1n) is 7.49. The van der Waals surface area contributed by atoms with E-state index in [2.05, 4.69) is 38.1 Å². The van der Waals surface area contributed by atoms with Gasteiger partial charge >= 0.3 is 0 Å². The van der Waals surface area contributed by atoms with Crippen molar-refractivity contribution in [3.05, 3.63) is 70.1 Å². The first-order chi connectivity index (χ1) is 11.0. The Morgan fingerprint density at radius 1 is 0.739 bits per heavy atom. The minimum Gasteiger partial charge on any atom is -0.289 e. The van der Waals surface area contributed by atoms with Crippen LogP contribution in [0.15, 0.2) is 58.5 Å². The molecule has 0 radical (unpaired) electrons. The summed E-state index contributed by atoms with van der Waals surface area (Å²) in [5, 5.41) is 0. The smallest absolute Gasteiger partial charge is 0.221 e. The molecular formula is C18H20N4S. The monoisotopic (exact) mass is 324 g/mol. The fraction of sp³-hybridized carbons (Fsp3) is 0.222. The summed E-state index contributed by atoms with van der Waals surface area (Å²) in [4.78, 5) is 10.4. The normalized spacial score (nSPS) is 12.9. The van der Waals surface area contributed by atoms with Crippen LogP contribution in [0.1, 0.15) is 11.1 Å². The van der Waals surface area contributed by atoms with Gasteiger partial charge in [0.2, 0.25) is 10.4 Å². The van der Waals surface area contributed by atoms with Crippen LogP contribution in [0.4, 0.5) is 11.4 Å². The first kappa shape index (κ1) is 15.5. The molecular weight excluding hydrogens is 304 g/mol. The van der Waals surface area contributed by atoms with Crippen LogP contribution in [0.25, 0.3) is 0 Å². The van der Waals surface area contributed by atoms with Crippen molar-refractivity contribution in [2.45, 2.75) is 13.8 Å². The lowest BCUT2D eigenvalue weighted by Crippen LogP contribution is -2.26.